The number of fused-ring (bicyclic) bond motifs is 1. The van der Waals surface area contributed by atoms with Crippen molar-refractivity contribution >= 4 is 39.4 Å². The Bertz CT molecular complexity index is 615. The Morgan fingerprint density at radius 1 is 1.19 bits per heavy atom. The average molecular weight is 292 g/mol. The minimum atomic E-state index is -0.145. The summed E-state index contributed by atoms with van der Waals surface area (Å²) in [7, 11) is 0. The SMILES string of the molecule is O=C1N=Cc2cc(-c3ccc(Br)s3)ccc21. The largest absolute Gasteiger partial charge is 0.277 e. The zero-order chi connectivity index (χ0) is 11.1. The molecule has 0 radical (unpaired) electrons. The van der Waals surface area contributed by atoms with Crippen molar-refractivity contribution in [3.05, 3.63) is 45.2 Å². The number of thiophene rings is 1. The molecule has 0 atom stereocenters. The van der Waals surface area contributed by atoms with E-state index >= 15 is 0 Å². The third kappa shape index (κ3) is 1.54. The Morgan fingerprint density at radius 2 is 2.06 bits per heavy atom. The van der Waals surface area contributed by atoms with Crippen LogP contribution in [0.3, 0.4) is 0 Å². The fourth-order valence-electron chi connectivity index (χ4n) is 1.68. The standard InChI is InChI=1S/C12H6BrNOS/c13-11-4-3-10(16-11)7-1-2-9-8(5-7)6-14-12(9)15/h1-6H. The molecule has 1 aliphatic rings. The Morgan fingerprint density at radius 3 is 2.81 bits per heavy atom. The predicted octanol–water partition coefficient (Wildman–Crippen LogP) is 3.75. The summed E-state index contributed by atoms with van der Waals surface area (Å²) in [4.78, 5) is 16.3. The minimum Gasteiger partial charge on any atom is -0.267 e. The Balaban J connectivity index is 2.11. The molecule has 1 amide bonds. The predicted molar refractivity (Wildman–Crippen MR) is 69.4 cm³/mol. The van der Waals surface area contributed by atoms with E-state index in [1.165, 1.54) is 4.88 Å². The minimum absolute atomic E-state index is 0.145. The van der Waals surface area contributed by atoms with E-state index in [9.17, 15) is 4.79 Å². The molecule has 16 heavy (non-hydrogen) atoms. The first-order chi connectivity index (χ1) is 7.74. The second-order valence-electron chi connectivity index (χ2n) is 3.47. The van der Waals surface area contributed by atoms with Crippen molar-refractivity contribution in [3.63, 3.8) is 0 Å². The smallest absolute Gasteiger partial charge is 0.267 e. The van der Waals surface area contributed by atoms with Crippen LogP contribution in [0.25, 0.3) is 10.4 Å². The highest BCUT2D eigenvalue weighted by molar-refractivity contribution is 9.11. The fourth-order valence-corrected chi connectivity index (χ4v) is 3.07. The van der Waals surface area contributed by atoms with Crippen LogP contribution in [0.2, 0.25) is 0 Å². The third-order valence-electron chi connectivity index (χ3n) is 2.46. The molecule has 0 unspecified atom stereocenters. The lowest BCUT2D eigenvalue weighted by molar-refractivity contribution is 0.101. The number of rotatable bonds is 1. The van der Waals surface area contributed by atoms with Crippen LogP contribution < -0.4 is 0 Å². The van der Waals surface area contributed by atoms with E-state index in [0.29, 0.717) is 5.56 Å². The molecule has 2 heterocycles. The molecule has 0 fully saturated rings. The lowest BCUT2D eigenvalue weighted by Gasteiger charge is -2.00. The number of amides is 1. The van der Waals surface area contributed by atoms with Crippen molar-refractivity contribution in [2.24, 2.45) is 4.99 Å². The maximum Gasteiger partial charge on any atom is 0.277 e. The van der Waals surface area contributed by atoms with Crippen LogP contribution in [0.1, 0.15) is 15.9 Å². The van der Waals surface area contributed by atoms with Gasteiger partial charge in [0.15, 0.2) is 0 Å². The van der Waals surface area contributed by atoms with Crippen LogP contribution in [-0.4, -0.2) is 12.1 Å². The van der Waals surface area contributed by atoms with Gasteiger partial charge in [-0.15, -0.1) is 11.3 Å². The zero-order valence-corrected chi connectivity index (χ0v) is 10.5. The summed E-state index contributed by atoms with van der Waals surface area (Å²) in [6.45, 7) is 0. The monoisotopic (exact) mass is 291 g/mol. The van der Waals surface area contributed by atoms with Crippen LogP contribution >= 0.6 is 27.3 Å². The molecule has 4 heteroatoms. The summed E-state index contributed by atoms with van der Waals surface area (Å²) in [6, 6.07) is 9.89. The van der Waals surface area contributed by atoms with E-state index in [2.05, 4.69) is 27.0 Å². The van der Waals surface area contributed by atoms with E-state index in [-0.39, 0.29) is 5.91 Å². The number of carbonyl (C=O) groups is 1. The molecular formula is C12H6BrNOS. The van der Waals surface area contributed by atoms with Gasteiger partial charge < -0.3 is 0 Å². The van der Waals surface area contributed by atoms with E-state index in [1.807, 2.05) is 24.3 Å². The second kappa shape index (κ2) is 3.64. The number of hydrogen-bond acceptors (Lipinski definition) is 2. The molecule has 1 aromatic carbocycles. The van der Waals surface area contributed by atoms with Crippen molar-refractivity contribution in [1.82, 2.24) is 0 Å². The van der Waals surface area contributed by atoms with Gasteiger partial charge in [-0.25, -0.2) is 4.99 Å². The molecule has 1 aromatic heterocycles. The highest BCUT2D eigenvalue weighted by Gasteiger charge is 2.15. The molecule has 0 bridgehead atoms. The Kier molecular flexibility index (Phi) is 2.26. The molecule has 1 aliphatic heterocycles. The van der Waals surface area contributed by atoms with Gasteiger partial charge in [0.1, 0.15) is 0 Å². The first-order valence-electron chi connectivity index (χ1n) is 4.72. The van der Waals surface area contributed by atoms with Crippen molar-refractivity contribution in [1.29, 1.82) is 0 Å². The summed E-state index contributed by atoms with van der Waals surface area (Å²) in [5, 5.41) is 0. The van der Waals surface area contributed by atoms with Gasteiger partial charge in [-0.1, -0.05) is 6.07 Å². The van der Waals surface area contributed by atoms with Crippen LogP contribution in [-0.2, 0) is 0 Å². The Hall–Kier alpha value is -1.26. The summed E-state index contributed by atoms with van der Waals surface area (Å²) < 4.78 is 1.10. The topological polar surface area (TPSA) is 29.4 Å². The first-order valence-corrected chi connectivity index (χ1v) is 6.33. The highest BCUT2D eigenvalue weighted by Crippen LogP contribution is 2.32. The van der Waals surface area contributed by atoms with Gasteiger partial charge in [0, 0.05) is 16.7 Å². The zero-order valence-electron chi connectivity index (χ0n) is 8.11. The molecule has 2 nitrogen and oxygen atoms in total. The molecule has 0 aliphatic carbocycles. The summed E-state index contributed by atoms with van der Waals surface area (Å²) in [6.07, 6.45) is 1.63. The first kappa shape index (κ1) is 9.93. The van der Waals surface area contributed by atoms with Crippen LogP contribution in [0.15, 0.2) is 39.1 Å². The molecule has 78 valence electrons. The van der Waals surface area contributed by atoms with Gasteiger partial charge in [0.2, 0.25) is 0 Å². The molecule has 0 saturated carbocycles. The van der Waals surface area contributed by atoms with Gasteiger partial charge in [0.05, 0.1) is 9.35 Å². The number of hydrogen-bond donors (Lipinski definition) is 0. The third-order valence-corrected chi connectivity index (χ3v) is 4.13. The Labute approximate surface area is 105 Å². The lowest BCUT2D eigenvalue weighted by atomic mass is 10.1. The van der Waals surface area contributed by atoms with Crippen LogP contribution in [0.4, 0.5) is 0 Å². The van der Waals surface area contributed by atoms with Gasteiger partial charge in [-0.05, 0) is 45.8 Å². The molecular weight excluding hydrogens is 286 g/mol. The fraction of sp³-hybridized carbons (Fsp3) is 0. The van der Waals surface area contributed by atoms with Crippen LogP contribution in [0.5, 0.6) is 0 Å². The number of carbonyl (C=O) groups excluding carboxylic acids is 1. The molecule has 0 spiro atoms. The van der Waals surface area contributed by atoms with Gasteiger partial charge in [0.25, 0.3) is 5.91 Å². The van der Waals surface area contributed by atoms with E-state index in [1.54, 1.807) is 17.6 Å². The molecule has 0 N–H and O–H groups in total. The van der Waals surface area contributed by atoms with Gasteiger partial charge >= 0.3 is 0 Å². The lowest BCUT2D eigenvalue weighted by Crippen LogP contribution is -1.91. The van der Waals surface area contributed by atoms with E-state index < -0.39 is 0 Å². The van der Waals surface area contributed by atoms with Gasteiger partial charge in [-0.3, -0.25) is 4.79 Å². The van der Waals surface area contributed by atoms with Crippen molar-refractivity contribution in [2.75, 3.05) is 0 Å². The normalized spacial score (nSPS) is 13.2. The number of aliphatic imine (C=N–C) groups is 1. The van der Waals surface area contributed by atoms with E-state index in [4.69, 9.17) is 0 Å². The van der Waals surface area contributed by atoms with E-state index in [0.717, 1.165) is 14.9 Å². The maximum absolute atomic E-state index is 11.3. The molecule has 2 aromatic rings. The number of nitrogens with zero attached hydrogens (tertiary/aromatic N) is 1. The quantitative estimate of drug-likeness (QED) is 0.787. The molecule has 0 saturated heterocycles. The maximum atomic E-state index is 11.3. The second-order valence-corrected chi connectivity index (χ2v) is 5.93. The average Bonchev–Trinajstić information content (AvgIpc) is 2.86. The summed E-state index contributed by atoms with van der Waals surface area (Å²) in [5.41, 5.74) is 2.72. The molecule has 3 rings (SSSR count). The highest BCUT2D eigenvalue weighted by atomic mass is 79.9. The van der Waals surface area contributed by atoms with Crippen molar-refractivity contribution in [3.8, 4) is 10.4 Å². The summed E-state index contributed by atoms with van der Waals surface area (Å²) >= 11 is 5.11. The van der Waals surface area contributed by atoms with Crippen LogP contribution in [0, 0.1) is 0 Å². The summed E-state index contributed by atoms with van der Waals surface area (Å²) in [5.74, 6) is -0.145. The van der Waals surface area contributed by atoms with Crippen molar-refractivity contribution < 1.29 is 4.79 Å². The number of halogens is 1. The van der Waals surface area contributed by atoms with Crippen molar-refractivity contribution in [2.45, 2.75) is 0 Å². The number of benzene rings is 1. The van der Waals surface area contributed by atoms with Gasteiger partial charge in [-0.2, -0.15) is 0 Å².